The highest BCUT2D eigenvalue weighted by atomic mass is 16.5. The fourth-order valence-electron chi connectivity index (χ4n) is 1.98. The van der Waals surface area contributed by atoms with Crippen molar-refractivity contribution in [2.75, 3.05) is 7.11 Å². The van der Waals surface area contributed by atoms with Crippen LogP contribution >= 0.6 is 0 Å². The van der Waals surface area contributed by atoms with Crippen molar-refractivity contribution in [1.82, 2.24) is 0 Å². The van der Waals surface area contributed by atoms with Gasteiger partial charge in [-0.05, 0) is 36.8 Å². The summed E-state index contributed by atoms with van der Waals surface area (Å²) in [6.45, 7) is 2.20. The van der Waals surface area contributed by atoms with Gasteiger partial charge in [0.1, 0.15) is 24.2 Å². The summed E-state index contributed by atoms with van der Waals surface area (Å²) < 4.78 is 10.8. The van der Waals surface area contributed by atoms with Crippen molar-refractivity contribution in [3.63, 3.8) is 0 Å². The van der Waals surface area contributed by atoms with E-state index in [0.717, 1.165) is 17.4 Å². The summed E-state index contributed by atoms with van der Waals surface area (Å²) in [6.07, 6.45) is 0.775. The van der Waals surface area contributed by atoms with Crippen LogP contribution in [0.15, 0.2) is 36.4 Å². The van der Waals surface area contributed by atoms with Crippen LogP contribution < -0.4 is 9.47 Å². The summed E-state index contributed by atoms with van der Waals surface area (Å²) >= 11 is 0. The molecule has 0 N–H and O–H groups in total. The second-order valence-corrected chi connectivity index (χ2v) is 4.59. The van der Waals surface area contributed by atoms with E-state index in [2.05, 4.69) is 6.07 Å². The Morgan fingerprint density at radius 2 is 1.95 bits per heavy atom. The molecule has 4 nitrogen and oxygen atoms in total. The minimum Gasteiger partial charge on any atom is -0.495 e. The maximum Gasteiger partial charge on any atom is 0.153 e. The van der Waals surface area contributed by atoms with Gasteiger partial charge in [0, 0.05) is 0 Å². The van der Waals surface area contributed by atoms with Gasteiger partial charge in [0.25, 0.3) is 0 Å². The standard InChI is InChI=1S/C17H15NO3/c1-12-3-5-17(15(7-12)10-19)21-11-13-4-6-16(20-2)14(8-13)9-18/h3-8,10H,11H2,1-2H3. The van der Waals surface area contributed by atoms with Gasteiger partial charge in [-0.2, -0.15) is 5.26 Å². The zero-order valence-electron chi connectivity index (χ0n) is 11.9. The van der Waals surface area contributed by atoms with E-state index in [1.54, 1.807) is 24.3 Å². The van der Waals surface area contributed by atoms with Crippen LogP contribution in [0.5, 0.6) is 11.5 Å². The highest BCUT2D eigenvalue weighted by molar-refractivity contribution is 5.79. The molecule has 0 bridgehead atoms. The van der Waals surface area contributed by atoms with Gasteiger partial charge in [-0.3, -0.25) is 4.79 Å². The molecule has 2 rings (SSSR count). The average Bonchev–Trinajstić information content (AvgIpc) is 2.53. The Balaban J connectivity index is 2.17. The molecule has 0 fully saturated rings. The molecular weight excluding hydrogens is 266 g/mol. The monoisotopic (exact) mass is 281 g/mol. The lowest BCUT2D eigenvalue weighted by Gasteiger charge is -2.10. The number of carbonyl (C=O) groups is 1. The van der Waals surface area contributed by atoms with Gasteiger partial charge in [0.05, 0.1) is 18.2 Å². The molecule has 21 heavy (non-hydrogen) atoms. The van der Waals surface area contributed by atoms with Crippen LogP contribution in [0.2, 0.25) is 0 Å². The molecule has 0 saturated carbocycles. The number of hydrogen-bond acceptors (Lipinski definition) is 4. The third-order valence-electron chi connectivity index (χ3n) is 3.07. The molecule has 0 saturated heterocycles. The van der Waals surface area contributed by atoms with Gasteiger partial charge < -0.3 is 9.47 Å². The van der Waals surface area contributed by atoms with Crippen LogP contribution in [-0.2, 0) is 6.61 Å². The van der Waals surface area contributed by atoms with Gasteiger partial charge in [-0.1, -0.05) is 17.7 Å². The predicted molar refractivity (Wildman–Crippen MR) is 78.6 cm³/mol. The second-order valence-electron chi connectivity index (χ2n) is 4.59. The highest BCUT2D eigenvalue weighted by Gasteiger charge is 2.06. The SMILES string of the molecule is COc1ccc(COc2ccc(C)cc2C=O)cc1C#N. The molecular formula is C17H15NO3. The van der Waals surface area contributed by atoms with Gasteiger partial charge in [-0.25, -0.2) is 0 Å². The van der Waals surface area contributed by atoms with E-state index < -0.39 is 0 Å². The largest absolute Gasteiger partial charge is 0.495 e. The molecule has 0 aromatic heterocycles. The number of hydrogen-bond donors (Lipinski definition) is 0. The molecule has 0 aliphatic rings. The molecule has 0 aliphatic heterocycles. The highest BCUT2D eigenvalue weighted by Crippen LogP contribution is 2.22. The third kappa shape index (κ3) is 3.40. The lowest BCUT2D eigenvalue weighted by Crippen LogP contribution is -1.99. The number of nitrogens with zero attached hydrogens (tertiary/aromatic N) is 1. The quantitative estimate of drug-likeness (QED) is 0.789. The molecule has 0 spiro atoms. The molecule has 0 amide bonds. The van der Waals surface area contributed by atoms with Crippen molar-refractivity contribution < 1.29 is 14.3 Å². The molecule has 0 aliphatic carbocycles. The molecule has 0 unspecified atom stereocenters. The number of carbonyl (C=O) groups excluding carboxylic acids is 1. The lowest BCUT2D eigenvalue weighted by molar-refractivity contribution is 0.111. The Kier molecular flexibility index (Phi) is 4.57. The Morgan fingerprint density at radius 3 is 2.62 bits per heavy atom. The Labute approximate surface area is 123 Å². The van der Waals surface area contributed by atoms with Crippen molar-refractivity contribution >= 4 is 6.29 Å². The number of aryl methyl sites for hydroxylation is 1. The van der Waals surface area contributed by atoms with Crippen LogP contribution in [0.4, 0.5) is 0 Å². The zero-order valence-corrected chi connectivity index (χ0v) is 11.9. The lowest BCUT2D eigenvalue weighted by atomic mass is 10.1. The molecule has 4 heteroatoms. The van der Waals surface area contributed by atoms with Gasteiger partial charge in [0.2, 0.25) is 0 Å². The van der Waals surface area contributed by atoms with Crippen molar-refractivity contribution in [3.05, 3.63) is 58.7 Å². The van der Waals surface area contributed by atoms with Crippen LogP contribution in [0.3, 0.4) is 0 Å². The summed E-state index contributed by atoms with van der Waals surface area (Å²) in [5.41, 5.74) is 2.81. The Morgan fingerprint density at radius 1 is 1.19 bits per heavy atom. The molecule has 2 aromatic carbocycles. The number of ether oxygens (including phenoxy) is 2. The van der Waals surface area contributed by atoms with E-state index in [4.69, 9.17) is 14.7 Å². The number of aldehydes is 1. The number of benzene rings is 2. The number of rotatable bonds is 5. The second kappa shape index (κ2) is 6.58. The molecule has 2 aromatic rings. The first kappa shape index (κ1) is 14.6. The van der Waals surface area contributed by atoms with E-state index in [1.165, 1.54) is 7.11 Å². The number of methoxy groups -OCH3 is 1. The van der Waals surface area contributed by atoms with E-state index >= 15 is 0 Å². The summed E-state index contributed by atoms with van der Waals surface area (Å²) in [7, 11) is 1.52. The first-order valence-corrected chi connectivity index (χ1v) is 6.43. The van der Waals surface area contributed by atoms with Gasteiger partial charge >= 0.3 is 0 Å². The zero-order chi connectivity index (χ0) is 15.2. The summed E-state index contributed by atoms with van der Waals surface area (Å²) in [5, 5.41) is 9.05. The molecule has 0 radical (unpaired) electrons. The van der Waals surface area contributed by atoms with Crippen LogP contribution in [0, 0.1) is 18.3 Å². The smallest absolute Gasteiger partial charge is 0.153 e. The van der Waals surface area contributed by atoms with Crippen molar-refractivity contribution in [1.29, 1.82) is 5.26 Å². The number of nitriles is 1. The van der Waals surface area contributed by atoms with Crippen LogP contribution in [0.1, 0.15) is 27.0 Å². The average molecular weight is 281 g/mol. The summed E-state index contributed by atoms with van der Waals surface area (Å²) in [5.74, 6) is 1.06. The van der Waals surface area contributed by atoms with Crippen molar-refractivity contribution in [2.45, 2.75) is 13.5 Å². The normalized spacial score (nSPS) is 9.76. The van der Waals surface area contributed by atoms with E-state index in [9.17, 15) is 4.79 Å². The summed E-state index contributed by atoms with van der Waals surface area (Å²) in [6, 6.07) is 12.8. The summed E-state index contributed by atoms with van der Waals surface area (Å²) in [4.78, 5) is 11.0. The molecule has 106 valence electrons. The fraction of sp³-hybridized carbons (Fsp3) is 0.176. The van der Waals surface area contributed by atoms with Crippen molar-refractivity contribution in [2.24, 2.45) is 0 Å². The topological polar surface area (TPSA) is 59.3 Å². The van der Waals surface area contributed by atoms with Gasteiger partial charge in [0.15, 0.2) is 6.29 Å². The minimum atomic E-state index is 0.280. The molecule has 0 atom stereocenters. The van der Waals surface area contributed by atoms with E-state index in [-0.39, 0.29) is 6.61 Å². The fourth-order valence-corrected chi connectivity index (χ4v) is 1.98. The molecule has 0 heterocycles. The van der Waals surface area contributed by atoms with Crippen LogP contribution in [-0.4, -0.2) is 13.4 Å². The Bertz CT molecular complexity index is 702. The Hall–Kier alpha value is -2.80. The van der Waals surface area contributed by atoms with E-state index in [0.29, 0.717) is 22.6 Å². The first-order valence-electron chi connectivity index (χ1n) is 6.43. The van der Waals surface area contributed by atoms with Crippen molar-refractivity contribution in [3.8, 4) is 17.6 Å². The maximum atomic E-state index is 11.0. The third-order valence-corrected chi connectivity index (χ3v) is 3.07. The van der Waals surface area contributed by atoms with Gasteiger partial charge in [-0.15, -0.1) is 0 Å². The van der Waals surface area contributed by atoms with E-state index in [1.807, 2.05) is 19.1 Å². The predicted octanol–water partition coefficient (Wildman–Crippen LogP) is 3.27. The first-order chi connectivity index (χ1) is 10.2. The van der Waals surface area contributed by atoms with Crippen LogP contribution in [0.25, 0.3) is 0 Å². The maximum absolute atomic E-state index is 11.0. The minimum absolute atomic E-state index is 0.280.